The third-order valence-corrected chi connectivity index (χ3v) is 3.54. The normalized spacial score (nSPS) is 28.6. The number of nitrogens with zero attached hydrogens (tertiary/aromatic N) is 1. The monoisotopic (exact) mass is 269 g/mol. The van der Waals surface area contributed by atoms with Gasteiger partial charge in [0, 0.05) is 19.6 Å². The Morgan fingerprint density at radius 1 is 1.37 bits per heavy atom. The van der Waals surface area contributed by atoms with Crippen molar-refractivity contribution in [3.63, 3.8) is 0 Å². The Bertz CT molecular complexity index is 370. The molecule has 0 radical (unpaired) electrons. The number of hydrogen-bond acceptors (Lipinski definition) is 4. The molecule has 2 aliphatic rings. The number of carbonyl (C=O) groups excluding carboxylic acids is 2. The van der Waals surface area contributed by atoms with Gasteiger partial charge in [0.1, 0.15) is 11.2 Å². The summed E-state index contributed by atoms with van der Waals surface area (Å²) in [4.78, 5) is 25.8. The molecule has 2 heterocycles. The Labute approximate surface area is 114 Å². The predicted octanol–water partition coefficient (Wildman–Crippen LogP) is 2.14. The van der Waals surface area contributed by atoms with Crippen molar-refractivity contribution in [1.29, 1.82) is 0 Å². The average molecular weight is 269 g/mol. The van der Waals surface area contributed by atoms with Crippen molar-refractivity contribution >= 4 is 11.9 Å². The lowest BCUT2D eigenvalue weighted by Gasteiger charge is -2.43. The van der Waals surface area contributed by atoms with Crippen LogP contribution in [-0.2, 0) is 14.3 Å². The lowest BCUT2D eigenvalue weighted by molar-refractivity contribution is -0.160. The second kappa shape index (κ2) is 5.12. The van der Waals surface area contributed by atoms with Crippen LogP contribution < -0.4 is 0 Å². The molecule has 0 N–H and O–H groups in total. The molecule has 1 atom stereocenters. The highest BCUT2D eigenvalue weighted by Crippen LogP contribution is 2.31. The summed E-state index contributed by atoms with van der Waals surface area (Å²) in [6.45, 7) is 7.09. The SMILES string of the molecule is CC(C)(C)OC(=O)N1CCCC2(C1)OCCCC2=O. The molecule has 2 saturated heterocycles. The van der Waals surface area contributed by atoms with E-state index in [4.69, 9.17) is 9.47 Å². The molecule has 2 fully saturated rings. The molecule has 2 rings (SSSR count). The second-order valence-corrected chi connectivity index (χ2v) is 6.37. The molecule has 19 heavy (non-hydrogen) atoms. The Morgan fingerprint density at radius 2 is 2.11 bits per heavy atom. The number of Topliss-reactive ketones (excluding diaryl/α,β-unsaturated/α-hetero) is 1. The average Bonchev–Trinajstić information content (AvgIpc) is 2.31. The van der Waals surface area contributed by atoms with E-state index in [0.29, 0.717) is 32.5 Å². The fraction of sp³-hybridized carbons (Fsp3) is 0.857. The van der Waals surface area contributed by atoms with Crippen molar-refractivity contribution in [1.82, 2.24) is 4.90 Å². The van der Waals surface area contributed by atoms with Gasteiger partial charge in [-0.05, 0) is 40.0 Å². The van der Waals surface area contributed by atoms with Gasteiger partial charge in [0.25, 0.3) is 0 Å². The predicted molar refractivity (Wildman–Crippen MR) is 70.0 cm³/mol. The minimum Gasteiger partial charge on any atom is -0.444 e. The van der Waals surface area contributed by atoms with Crippen LogP contribution in [0.5, 0.6) is 0 Å². The van der Waals surface area contributed by atoms with Crippen molar-refractivity contribution < 1.29 is 19.1 Å². The summed E-state index contributed by atoms with van der Waals surface area (Å²) < 4.78 is 11.1. The standard InChI is InChI=1S/C14H23NO4/c1-13(2,3)19-12(17)15-8-5-7-14(10-15)11(16)6-4-9-18-14/h4-10H2,1-3H3. The molecule has 0 aliphatic carbocycles. The van der Waals surface area contributed by atoms with Gasteiger partial charge in [-0.3, -0.25) is 4.79 Å². The van der Waals surface area contributed by atoms with Crippen molar-refractivity contribution in [2.45, 2.75) is 57.7 Å². The Kier molecular flexibility index (Phi) is 3.85. The number of carbonyl (C=O) groups is 2. The molecular formula is C14H23NO4. The lowest BCUT2D eigenvalue weighted by Crippen LogP contribution is -2.58. The van der Waals surface area contributed by atoms with Crippen LogP contribution in [0.4, 0.5) is 4.79 Å². The largest absolute Gasteiger partial charge is 0.444 e. The van der Waals surface area contributed by atoms with Crippen LogP contribution in [0.2, 0.25) is 0 Å². The van der Waals surface area contributed by atoms with Gasteiger partial charge < -0.3 is 14.4 Å². The third-order valence-electron chi connectivity index (χ3n) is 3.54. The highest BCUT2D eigenvalue weighted by molar-refractivity contribution is 5.89. The quantitative estimate of drug-likeness (QED) is 0.676. The van der Waals surface area contributed by atoms with E-state index in [-0.39, 0.29) is 11.9 Å². The summed E-state index contributed by atoms with van der Waals surface area (Å²) in [6, 6.07) is 0. The van der Waals surface area contributed by atoms with Gasteiger partial charge in [0.15, 0.2) is 5.78 Å². The minimum absolute atomic E-state index is 0.131. The second-order valence-electron chi connectivity index (χ2n) is 6.37. The molecule has 0 saturated carbocycles. The van der Waals surface area contributed by atoms with E-state index in [0.717, 1.165) is 12.8 Å². The van der Waals surface area contributed by atoms with E-state index in [1.165, 1.54) is 0 Å². The van der Waals surface area contributed by atoms with E-state index >= 15 is 0 Å². The molecule has 0 aromatic heterocycles. The van der Waals surface area contributed by atoms with Gasteiger partial charge in [-0.1, -0.05) is 0 Å². The summed E-state index contributed by atoms with van der Waals surface area (Å²) in [5.74, 6) is 0.131. The molecule has 5 nitrogen and oxygen atoms in total. The van der Waals surface area contributed by atoms with Crippen molar-refractivity contribution in [2.75, 3.05) is 19.7 Å². The Hall–Kier alpha value is -1.10. The zero-order valence-corrected chi connectivity index (χ0v) is 12.0. The van der Waals surface area contributed by atoms with Crippen molar-refractivity contribution in [3.05, 3.63) is 0 Å². The Morgan fingerprint density at radius 3 is 2.74 bits per heavy atom. The molecule has 1 amide bonds. The van der Waals surface area contributed by atoms with E-state index in [1.54, 1.807) is 4.90 Å². The van der Waals surface area contributed by atoms with E-state index in [1.807, 2.05) is 20.8 Å². The third kappa shape index (κ3) is 3.26. The number of ether oxygens (including phenoxy) is 2. The lowest BCUT2D eigenvalue weighted by atomic mass is 9.85. The van der Waals surface area contributed by atoms with Crippen LogP contribution in [-0.4, -0.2) is 47.7 Å². The molecule has 1 spiro atoms. The molecule has 1 unspecified atom stereocenters. The fourth-order valence-electron chi connectivity index (χ4n) is 2.66. The molecule has 108 valence electrons. The molecule has 0 bridgehead atoms. The van der Waals surface area contributed by atoms with Crippen LogP contribution in [0.15, 0.2) is 0 Å². The fourth-order valence-corrected chi connectivity index (χ4v) is 2.66. The van der Waals surface area contributed by atoms with Gasteiger partial charge in [-0.2, -0.15) is 0 Å². The smallest absolute Gasteiger partial charge is 0.410 e. The zero-order chi connectivity index (χ0) is 14.1. The summed E-state index contributed by atoms with van der Waals surface area (Å²) in [5.41, 5.74) is -1.29. The zero-order valence-electron chi connectivity index (χ0n) is 12.0. The maximum absolute atomic E-state index is 12.1. The number of piperidine rings is 1. The summed E-state index contributed by atoms with van der Waals surface area (Å²) in [6.07, 6.45) is 2.49. The van der Waals surface area contributed by atoms with Crippen LogP contribution in [0.25, 0.3) is 0 Å². The first kappa shape index (κ1) is 14.3. The van der Waals surface area contributed by atoms with Crippen LogP contribution >= 0.6 is 0 Å². The van der Waals surface area contributed by atoms with Crippen molar-refractivity contribution in [2.24, 2.45) is 0 Å². The summed E-state index contributed by atoms with van der Waals surface area (Å²) in [5, 5.41) is 0. The molecule has 0 aromatic carbocycles. The summed E-state index contributed by atoms with van der Waals surface area (Å²) in [7, 11) is 0. The highest BCUT2D eigenvalue weighted by atomic mass is 16.6. The van der Waals surface area contributed by atoms with E-state index in [9.17, 15) is 9.59 Å². The number of rotatable bonds is 0. The summed E-state index contributed by atoms with van der Waals surface area (Å²) >= 11 is 0. The van der Waals surface area contributed by atoms with Crippen LogP contribution in [0, 0.1) is 0 Å². The maximum Gasteiger partial charge on any atom is 0.410 e. The van der Waals surface area contributed by atoms with Crippen molar-refractivity contribution in [3.8, 4) is 0 Å². The first-order chi connectivity index (χ1) is 8.82. The van der Waals surface area contributed by atoms with Gasteiger partial charge in [-0.15, -0.1) is 0 Å². The topological polar surface area (TPSA) is 55.8 Å². The molecule has 5 heteroatoms. The van der Waals surface area contributed by atoms with Gasteiger partial charge in [0.05, 0.1) is 6.54 Å². The first-order valence-electron chi connectivity index (χ1n) is 6.98. The van der Waals surface area contributed by atoms with Crippen LogP contribution in [0.1, 0.15) is 46.5 Å². The number of likely N-dealkylation sites (tertiary alicyclic amines) is 1. The minimum atomic E-state index is -0.770. The Balaban J connectivity index is 2.04. The molecule has 2 aliphatic heterocycles. The number of amides is 1. The first-order valence-corrected chi connectivity index (χ1v) is 6.98. The van der Waals surface area contributed by atoms with Crippen LogP contribution in [0.3, 0.4) is 0 Å². The highest BCUT2D eigenvalue weighted by Gasteiger charge is 2.46. The molecule has 0 aromatic rings. The van der Waals surface area contributed by atoms with Gasteiger partial charge in [0.2, 0.25) is 0 Å². The van der Waals surface area contributed by atoms with E-state index < -0.39 is 11.2 Å². The molecular weight excluding hydrogens is 246 g/mol. The van der Waals surface area contributed by atoms with Gasteiger partial charge in [-0.25, -0.2) is 4.79 Å². The van der Waals surface area contributed by atoms with E-state index in [2.05, 4.69) is 0 Å². The maximum atomic E-state index is 12.1. The van der Waals surface area contributed by atoms with Gasteiger partial charge >= 0.3 is 6.09 Å². The number of ketones is 1. The number of hydrogen-bond donors (Lipinski definition) is 0.